The van der Waals surface area contributed by atoms with E-state index >= 15 is 0 Å². The van der Waals surface area contributed by atoms with Crippen LogP contribution < -0.4 is 10.1 Å². The second kappa shape index (κ2) is 9.16. The monoisotopic (exact) mass is 427 g/mol. The number of carbonyl (C=O) groups is 1. The minimum absolute atomic E-state index is 0.0179. The Kier molecular flexibility index (Phi) is 6.62. The number of nitrogens with one attached hydrogen (secondary N) is 1. The van der Waals surface area contributed by atoms with E-state index in [1.807, 2.05) is 38.1 Å². The van der Waals surface area contributed by atoms with Crippen molar-refractivity contribution in [1.29, 1.82) is 0 Å². The van der Waals surface area contributed by atoms with Gasteiger partial charge in [-0.15, -0.1) is 0 Å². The summed E-state index contributed by atoms with van der Waals surface area (Å²) >= 11 is 11.2. The molecule has 0 saturated heterocycles. The zero-order valence-corrected chi connectivity index (χ0v) is 17.5. The maximum atomic E-state index is 14.1. The van der Waals surface area contributed by atoms with Crippen LogP contribution in [-0.2, 0) is 11.2 Å². The van der Waals surface area contributed by atoms with E-state index in [0.717, 1.165) is 16.0 Å². The predicted octanol–water partition coefficient (Wildman–Crippen LogP) is 6.42. The minimum Gasteiger partial charge on any atom is -0.426 e. The molecule has 0 fully saturated rings. The molecule has 6 heteroatoms. The van der Waals surface area contributed by atoms with E-state index in [1.165, 1.54) is 12.1 Å². The predicted molar refractivity (Wildman–Crippen MR) is 119 cm³/mol. The third-order valence-electron chi connectivity index (χ3n) is 4.31. The van der Waals surface area contributed by atoms with Gasteiger partial charge in [-0.25, -0.2) is 4.39 Å². The third kappa shape index (κ3) is 5.40. The third-order valence-corrected chi connectivity index (χ3v) is 4.86. The lowest BCUT2D eigenvalue weighted by Crippen LogP contribution is -2.13. The van der Waals surface area contributed by atoms with E-state index in [0.29, 0.717) is 17.0 Å². The summed E-state index contributed by atoms with van der Waals surface area (Å²) in [4.78, 5) is 13.2. The summed E-state index contributed by atoms with van der Waals surface area (Å²) in [6.45, 7) is 3.76. The van der Waals surface area contributed by atoms with Crippen LogP contribution in [0.15, 0.2) is 60.7 Å². The molecule has 0 saturated carbocycles. The highest BCUT2D eigenvalue weighted by molar-refractivity contribution is 7.80. The standard InChI is InChI=1S/C23H19ClFNO2S/c1-14-6-11-21(26-23-19(24)4-3-5-20(23)25)17(12-14)13-22(27)28-18-9-7-16(8-10-18)15(2)29/h3-12,26H,13H2,1-2H3. The molecule has 0 aliphatic rings. The first-order valence-electron chi connectivity index (χ1n) is 8.95. The topological polar surface area (TPSA) is 38.3 Å². The highest BCUT2D eigenvalue weighted by atomic mass is 35.5. The van der Waals surface area contributed by atoms with Gasteiger partial charge in [0.1, 0.15) is 11.6 Å². The van der Waals surface area contributed by atoms with Crippen LogP contribution in [0.2, 0.25) is 5.02 Å². The smallest absolute Gasteiger partial charge is 0.315 e. The molecular weight excluding hydrogens is 409 g/mol. The Balaban J connectivity index is 1.78. The van der Waals surface area contributed by atoms with Crippen LogP contribution in [-0.4, -0.2) is 10.8 Å². The molecule has 3 aromatic carbocycles. The fraction of sp³-hybridized carbons (Fsp3) is 0.130. The summed E-state index contributed by atoms with van der Waals surface area (Å²) in [5.74, 6) is -0.458. The Labute approximate surface area is 179 Å². The largest absolute Gasteiger partial charge is 0.426 e. The number of rotatable bonds is 6. The first-order chi connectivity index (χ1) is 13.8. The van der Waals surface area contributed by atoms with Gasteiger partial charge in [-0.1, -0.05) is 59.7 Å². The minimum atomic E-state index is -0.472. The SMILES string of the molecule is CC(=S)c1ccc(OC(=O)Cc2cc(C)ccc2Nc2c(F)cccc2Cl)cc1. The average molecular weight is 428 g/mol. The fourth-order valence-electron chi connectivity index (χ4n) is 2.82. The number of halogens is 2. The maximum absolute atomic E-state index is 14.1. The zero-order chi connectivity index (χ0) is 21.0. The van der Waals surface area contributed by atoms with Crippen LogP contribution >= 0.6 is 23.8 Å². The molecule has 0 radical (unpaired) electrons. The van der Waals surface area contributed by atoms with Gasteiger partial charge in [0.05, 0.1) is 17.1 Å². The normalized spacial score (nSPS) is 10.5. The summed E-state index contributed by atoms with van der Waals surface area (Å²) in [7, 11) is 0. The molecule has 0 aliphatic heterocycles. The van der Waals surface area contributed by atoms with Crippen LogP contribution in [0.1, 0.15) is 23.6 Å². The van der Waals surface area contributed by atoms with Crippen molar-refractivity contribution in [1.82, 2.24) is 0 Å². The Morgan fingerprint density at radius 1 is 1.14 bits per heavy atom. The lowest BCUT2D eigenvalue weighted by Gasteiger charge is -2.14. The fourth-order valence-corrected chi connectivity index (χ4v) is 3.17. The zero-order valence-electron chi connectivity index (χ0n) is 16.0. The molecule has 0 aliphatic carbocycles. The van der Waals surface area contributed by atoms with Crippen molar-refractivity contribution in [3.05, 3.63) is 88.2 Å². The van der Waals surface area contributed by atoms with Crippen LogP contribution in [0.25, 0.3) is 0 Å². The second-order valence-electron chi connectivity index (χ2n) is 6.61. The summed E-state index contributed by atoms with van der Waals surface area (Å²) in [6, 6.07) is 17.0. The molecule has 29 heavy (non-hydrogen) atoms. The van der Waals surface area contributed by atoms with Crippen LogP contribution in [0.5, 0.6) is 5.75 Å². The van der Waals surface area contributed by atoms with Gasteiger partial charge in [0.25, 0.3) is 0 Å². The number of hydrogen-bond acceptors (Lipinski definition) is 4. The van der Waals surface area contributed by atoms with Gasteiger partial charge in [0, 0.05) is 10.6 Å². The molecule has 0 heterocycles. The molecule has 148 valence electrons. The summed E-state index contributed by atoms with van der Waals surface area (Å²) in [5, 5.41) is 3.25. The Hall–Kier alpha value is -2.76. The van der Waals surface area contributed by atoms with Gasteiger partial charge >= 0.3 is 5.97 Å². The van der Waals surface area contributed by atoms with Gasteiger partial charge in [-0.3, -0.25) is 4.79 Å². The summed E-state index contributed by atoms with van der Waals surface area (Å²) in [6.07, 6.45) is 0.0179. The van der Waals surface area contributed by atoms with Crippen molar-refractivity contribution < 1.29 is 13.9 Å². The highest BCUT2D eigenvalue weighted by Crippen LogP contribution is 2.30. The van der Waals surface area contributed by atoms with Gasteiger partial charge < -0.3 is 10.1 Å². The Morgan fingerprint density at radius 2 is 1.86 bits per heavy atom. The van der Waals surface area contributed by atoms with Crippen molar-refractivity contribution in [2.75, 3.05) is 5.32 Å². The van der Waals surface area contributed by atoms with Crippen molar-refractivity contribution in [2.24, 2.45) is 0 Å². The molecule has 0 atom stereocenters. The lowest BCUT2D eigenvalue weighted by atomic mass is 10.1. The molecule has 3 aromatic rings. The molecule has 1 N–H and O–H groups in total. The first-order valence-corrected chi connectivity index (χ1v) is 9.74. The molecular formula is C23H19ClFNO2S. The van der Waals surface area contributed by atoms with E-state index in [-0.39, 0.29) is 17.1 Å². The molecule has 3 nitrogen and oxygen atoms in total. The number of anilines is 2. The molecule has 0 amide bonds. The van der Waals surface area contributed by atoms with Gasteiger partial charge in [-0.05, 0) is 55.3 Å². The number of hydrogen-bond donors (Lipinski definition) is 1. The average Bonchev–Trinajstić information content (AvgIpc) is 2.66. The first kappa shape index (κ1) is 21.0. The number of benzene rings is 3. The van der Waals surface area contributed by atoms with Crippen LogP contribution in [0.4, 0.5) is 15.8 Å². The second-order valence-corrected chi connectivity index (χ2v) is 7.63. The number of ether oxygens (including phenoxy) is 1. The van der Waals surface area contributed by atoms with E-state index in [4.69, 9.17) is 28.6 Å². The van der Waals surface area contributed by atoms with E-state index in [9.17, 15) is 9.18 Å². The Morgan fingerprint density at radius 3 is 2.52 bits per heavy atom. The number of carbonyl (C=O) groups excluding carboxylic acids is 1. The molecule has 0 spiro atoms. The van der Waals surface area contributed by atoms with Crippen molar-refractivity contribution in [3.63, 3.8) is 0 Å². The van der Waals surface area contributed by atoms with Crippen molar-refractivity contribution >= 4 is 46.0 Å². The van der Waals surface area contributed by atoms with Crippen LogP contribution in [0.3, 0.4) is 0 Å². The van der Waals surface area contributed by atoms with Gasteiger partial charge in [-0.2, -0.15) is 0 Å². The van der Waals surface area contributed by atoms with E-state index in [1.54, 1.807) is 24.3 Å². The molecule has 0 bridgehead atoms. The number of esters is 1. The van der Waals surface area contributed by atoms with Gasteiger partial charge in [0.15, 0.2) is 0 Å². The lowest BCUT2D eigenvalue weighted by molar-refractivity contribution is -0.133. The van der Waals surface area contributed by atoms with E-state index < -0.39 is 11.8 Å². The molecule has 0 unspecified atom stereocenters. The summed E-state index contributed by atoms with van der Waals surface area (Å²) in [5.41, 5.74) is 3.32. The van der Waals surface area contributed by atoms with Crippen molar-refractivity contribution in [2.45, 2.75) is 20.3 Å². The molecule has 3 rings (SSSR count). The molecule has 0 aromatic heterocycles. The Bertz CT molecular complexity index is 1050. The van der Waals surface area contributed by atoms with Crippen LogP contribution in [0, 0.1) is 12.7 Å². The number of para-hydroxylation sites is 1. The van der Waals surface area contributed by atoms with E-state index in [2.05, 4.69) is 5.32 Å². The maximum Gasteiger partial charge on any atom is 0.315 e. The summed E-state index contributed by atoms with van der Waals surface area (Å²) < 4.78 is 19.6. The van der Waals surface area contributed by atoms with Crippen molar-refractivity contribution in [3.8, 4) is 5.75 Å². The number of thiocarbonyl (C=S) groups is 1. The van der Waals surface area contributed by atoms with Gasteiger partial charge in [0.2, 0.25) is 0 Å². The quantitative estimate of drug-likeness (QED) is 0.213. The highest BCUT2D eigenvalue weighted by Gasteiger charge is 2.14. The number of aryl methyl sites for hydroxylation is 1.